The molecule has 1 atom stereocenters. The Balaban J connectivity index is 3.49. The van der Waals surface area contributed by atoms with Crippen molar-refractivity contribution in [3.63, 3.8) is 0 Å². The van der Waals surface area contributed by atoms with Crippen molar-refractivity contribution in [3.05, 3.63) is 0 Å². The van der Waals surface area contributed by atoms with Gasteiger partial charge in [-0.15, -0.1) is 0 Å². The summed E-state index contributed by atoms with van der Waals surface area (Å²) in [4.78, 5) is 0. The van der Waals surface area contributed by atoms with Crippen molar-refractivity contribution in [2.45, 2.75) is 39.4 Å². The summed E-state index contributed by atoms with van der Waals surface area (Å²) < 4.78 is 11.5. The van der Waals surface area contributed by atoms with E-state index in [1.54, 1.807) is 0 Å². The lowest BCUT2D eigenvalue weighted by molar-refractivity contribution is 0.564. The fraction of sp³-hybridized carbons (Fsp3) is 1.00. The van der Waals surface area contributed by atoms with Crippen molar-refractivity contribution in [2.24, 2.45) is 5.92 Å². The van der Waals surface area contributed by atoms with Gasteiger partial charge >= 0.3 is 0 Å². The average Bonchev–Trinajstić information content (AvgIpc) is 1.95. The fourth-order valence-electron chi connectivity index (χ4n) is 0.862. The molecule has 0 saturated carbocycles. The summed E-state index contributed by atoms with van der Waals surface area (Å²) in [7, 11) is -0.715. The minimum atomic E-state index is -0.715. The Morgan fingerprint density at radius 2 is 1.85 bits per heavy atom. The van der Waals surface area contributed by atoms with Gasteiger partial charge in [-0.25, -0.2) is 0 Å². The third-order valence-corrected chi connectivity index (χ3v) is 3.64. The molecule has 0 aliphatic rings. The molecule has 0 heterocycles. The minimum Gasteiger partial charge on any atom is -0.316 e. The van der Waals surface area contributed by atoms with E-state index in [4.69, 9.17) is 0 Å². The molecule has 0 aliphatic carbocycles. The normalized spacial score (nSPS) is 14.9. The molecule has 3 heteroatoms. The van der Waals surface area contributed by atoms with Crippen LogP contribution in [-0.4, -0.2) is 27.8 Å². The number of rotatable bonds is 5. The molecule has 0 aromatic rings. The van der Waals surface area contributed by atoms with Crippen LogP contribution in [0.25, 0.3) is 0 Å². The molecule has 0 spiro atoms. The molecule has 0 aromatic carbocycles. The SMILES string of the molecule is CC(C)CNCCS(=O)C(C)(C)C. The lowest BCUT2D eigenvalue weighted by Gasteiger charge is -2.17. The summed E-state index contributed by atoms with van der Waals surface area (Å²) in [6.07, 6.45) is 0. The largest absolute Gasteiger partial charge is 0.316 e. The highest BCUT2D eigenvalue weighted by Crippen LogP contribution is 2.10. The van der Waals surface area contributed by atoms with Crippen LogP contribution >= 0.6 is 0 Å². The fourth-order valence-corrected chi connectivity index (χ4v) is 1.80. The summed E-state index contributed by atoms with van der Waals surface area (Å²) in [6.45, 7) is 12.3. The molecule has 1 N–H and O–H groups in total. The molecule has 0 fully saturated rings. The topological polar surface area (TPSA) is 29.1 Å². The van der Waals surface area contributed by atoms with Gasteiger partial charge in [0.25, 0.3) is 0 Å². The first-order chi connectivity index (χ1) is 5.84. The molecule has 0 saturated heterocycles. The molecule has 80 valence electrons. The second kappa shape index (κ2) is 5.76. The van der Waals surface area contributed by atoms with Gasteiger partial charge in [0.2, 0.25) is 0 Å². The Morgan fingerprint density at radius 3 is 2.23 bits per heavy atom. The quantitative estimate of drug-likeness (QED) is 0.693. The lowest BCUT2D eigenvalue weighted by atomic mass is 10.2. The monoisotopic (exact) mass is 205 g/mol. The van der Waals surface area contributed by atoms with Crippen molar-refractivity contribution in [1.29, 1.82) is 0 Å². The predicted octanol–water partition coefficient (Wildman–Crippen LogP) is 1.78. The summed E-state index contributed by atoms with van der Waals surface area (Å²) in [5.41, 5.74) is 0. The molecule has 0 bridgehead atoms. The van der Waals surface area contributed by atoms with Gasteiger partial charge < -0.3 is 5.32 Å². The average molecular weight is 205 g/mol. The molecule has 0 amide bonds. The van der Waals surface area contributed by atoms with E-state index in [0.717, 1.165) is 18.8 Å². The first-order valence-corrected chi connectivity index (χ1v) is 6.25. The molecule has 13 heavy (non-hydrogen) atoms. The Morgan fingerprint density at radius 1 is 1.31 bits per heavy atom. The molecule has 0 radical (unpaired) electrons. The number of nitrogens with one attached hydrogen (secondary N) is 1. The zero-order valence-corrected chi connectivity index (χ0v) is 10.3. The van der Waals surface area contributed by atoms with Crippen LogP contribution in [0.3, 0.4) is 0 Å². The highest BCUT2D eigenvalue weighted by atomic mass is 32.2. The van der Waals surface area contributed by atoms with E-state index in [0.29, 0.717) is 5.92 Å². The van der Waals surface area contributed by atoms with Crippen LogP contribution in [0.1, 0.15) is 34.6 Å². The van der Waals surface area contributed by atoms with E-state index < -0.39 is 10.8 Å². The zero-order valence-electron chi connectivity index (χ0n) is 9.52. The predicted molar refractivity (Wildman–Crippen MR) is 60.5 cm³/mol. The van der Waals surface area contributed by atoms with Crippen molar-refractivity contribution in [1.82, 2.24) is 5.32 Å². The van der Waals surface area contributed by atoms with Crippen molar-refractivity contribution >= 4 is 10.8 Å². The van der Waals surface area contributed by atoms with Gasteiger partial charge in [0, 0.05) is 27.8 Å². The van der Waals surface area contributed by atoms with Crippen molar-refractivity contribution in [2.75, 3.05) is 18.8 Å². The van der Waals surface area contributed by atoms with Crippen molar-refractivity contribution < 1.29 is 4.21 Å². The molecule has 0 aliphatic heterocycles. The third-order valence-electron chi connectivity index (χ3n) is 1.70. The second-order valence-corrected chi connectivity index (χ2v) is 7.08. The number of hydrogen-bond donors (Lipinski definition) is 1. The first-order valence-electron chi connectivity index (χ1n) is 4.93. The molecule has 0 aromatic heterocycles. The highest BCUT2D eigenvalue weighted by Gasteiger charge is 2.18. The zero-order chi connectivity index (χ0) is 10.5. The number of hydrogen-bond acceptors (Lipinski definition) is 2. The summed E-state index contributed by atoms with van der Waals surface area (Å²) in [5.74, 6) is 1.43. The smallest absolute Gasteiger partial charge is 0.0375 e. The van der Waals surface area contributed by atoms with E-state index in [1.165, 1.54) is 0 Å². The Kier molecular flexibility index (Phi) is 5.81. The third kappa shape index (κ3) is 7.20. The molecule has 0 rings (SSSR count). The van der Waals surface area contributed by atoms with E-state index in [-0.39, 0.29) is 4.75 Å². The van der Waals surface area contributed by atoms with Crippen molar-refractivity contribution in [3.8, 4) is 0 Å². The van der Waals surface area contributed by atoms with Gasteiger partial charge in [0.05, 0.1) is 0 Å². The van der Waals surface area contributed by atoms with Crippen LogP contribution in [0.4, 0.5) is 0 Å². The maximum atomic E-state index is 11.6. The van der Waals surface area contributed by atoms with Crippen LogP contribution in [0.15, 0.2) is 0 Å². The van der Waals surface area contributed by atoms with Gasteiger partial charge in [-0.2, -0.15) is 0 Å². The van der Waals surface area contributed by atoms with E-state index in [9.17, 15) is 4.21 Å². The van der Waals surface area contributed by atoms with Gasteiger partial charge in [-0.3, -0.25) is 4.21 Å². The molecular formula is C10H23NOS. The van der Waals surface area contributed by atoms with Crippen LogP contribution in [0.5, 0.6) is 0 Å². The molecule has 2 nitrogen and oxygen atoms in total. The Bertz CT molecular complexity index is 161. The van der Waals surface area contributed by atoms with Crippen LogP contribution < -0.4 is 5.32 Å². The Hall–Kier alpha value is 0.110. The van der Waals surface area contributed by atoms with Gasteiger partial charge in [0.1, 0.15) is 0 Å². The maximum Gasteiger partial charge on any atom is 0.0375 e. The maximum absolute atomic E-state index is 11.6. The second-order valence-electron chi connectivity index (χ2n) is 4.76. The summed E-state index contributed by atoms with van der Waals surface area (Å²) in [6, 6.07) is 0. The highest BCUT2D eigenvalue weighted by molar-refractivity contribution is 7.86. The van der Waals surface area contributed by atoms with E-state index in [1.807, 2.05) is 20.8 Å². The van der Waals surface area contributed by atoms with Crippen LogP contribution in [-0.2, 0) is 10.8 Å². The standard InChI is InChI=1S/C10H23NOS/c1-9(2)8-11-6-7-13(12)10(3,4)5/h9,11H,6-8H2,1-5H3. The van der Waals surface area contributed by atoms with Crippen LogP contribution in [0, 0.1) is 5.92 Å². The molecular weight excluding hydrogens is 182 g/mol. The van der Waals surface area contributed by atoms with Crippen LogP contribution in [0.2, 0.25) is 0 Å². The minimum absolute atomic E-state index is 0.0699. The van der Waals surface area contributed by atoms with Gasteiger partial charge in [-0.05, 0) is 33.2 Å². The van der Waals surface area contributed by atoms with Gasteiger partial charge in [-0.1, -0.05) is 13.8 Å². The summed E-state index contributed by atoms with van der Waals surface area (Å²) >= 11 is 0. The first kappa shape index (κ1) is 13.1. The lowest BCUT2D eigenvalue weighted by Crippen LogP contribution is -2.31. The Labute approximate surface area is 84.9 Å². The molecule has 1 unspecified atom stereocenters. The van der Waals surface area contributed by atoms with Gasteiger partial charge in [0.15, 0.2) is 0 Å². The van der Waals surface area contributed by atoms with E-state index in [2.05, 4.69) is 19.2 Å². The van der Waals surface area contributed by atoms with E-state index >= 15 is 0 Å². The summed E-state index contributed by atoms with van der Waals surface area (Å²) in [5, 5.41) is 3.29.